The number of hydrogen-bond acceptors (Lipinski definition) is 3. The largest absolute Gasteiger partial charge is 0.459 e. The summed E-state index contributed by atoms with van der Waals surface area (Å²) in [5, 5.41) is 7.85. The van der Waals surface area contributed by atoms with Gasteiger partial charge in [0.1, 0.15) is 11.3 Å². The summed E-state index contributed by atoms with van der Waals surface area (Å²) in [5.41, 5.74) is 4.50. The van der Waals surface area contributed by atoms with Crippen LogP contribution in [0.15, 0.2) is 76.7 Å². The van der Waals surface area contributed by atoms with E-state index in [1.54, 1.807) is 6.20 Å². The molecule has 0 aliphatic carbocycles. The molecule has 2 N–H and O–H groups in total. The lowest BCUT2D eigenvalue weighted by atomic mass is 10.1. The number of guanidine groups is 1. The summed E-state index contributed by atoms with van der Waals surface area (Å²) in [7, 11) is 0. The van der Waals surface area contributed by atoms with Gasteiger partial charge in [-0.1, -0.05) is 42.5 Å². The topological polar surface area (TPSA) is 67.4 Å². The number of halogens is 1. The second-order valence-electron chi connectivity index (χ2n) is 7.25. The van der Waals surface area contributed by atoms with Gasteiger partial charge in [-0.3, -0.25) is 0 Å². The molecule has 31 heavy (non-hydrogen) atoms. The van der Waals surface area contributed by atoms with Crippen LogP contribution in [0.4, 0.5) is 0 Å². The van der Waals surface area contributed by atoms with E-state index in [-0.39, 0.29) is 24.0 Å². The first-order valence-corrected chi connectivity index (χ1v) is 10.3. The van der Waals surface area contributed by atoms with E-state index in [4.69, 9.17) is 9.41 Å². The molecule has 0 spiro atoms. The van der Waals surface area contributed by atoms with Gasteiger partial charge >= 0.3 is 0 Å². The molecule has 0 radical (unpaired) electrons. The monoisotopic (exact) mass is 529 g/mol. The van der Waals surface area contributed by atoms with Crippen LogP contribution in [0.5, 0.6) is 0 Å². The molecular formula is C24H28IN5O. The number of rotatable bonds is 7. The van der Waals surface area contributed by atoms with E-state index in [1.165, 1.54) is 16.7 Å². The van der Waals surface area contributed by atoms with Crippen molar-refractivity contribution in [1.82, 2.24) is 20.2 Å². The molecule has 2 aromatic heterocycles. The van der Waals surface area contributed by atoms with E-state index in [0.717, 1.165) is 35.8 Å². The Kier molecular flexibility index (Phi) is 8.11. The summed E-state index contributed by atoms with van der Waals surface area (Å²) < 4.78 is 8.05. The van der Waals surface area contributed by atoms with Crippen molar-refractivity contribution in [3.8, 4) is 0 Å². The molecule has 0 fully saturated rings. The molecule has 0 aliphatic rings. The highest BCUT2D eigenvalue weighted by Crippen LogP contribution is 2.24. The maximum Gasteiger partial charge on any atom is 0.191 e. The van der Waals surface area contributed by atoms with E-state index in [2.05, 4.69) is 64.4 Å². The van der Waals surface area contributed by atoms with Gasteiger partial charge in [0.15, 0.2) is 5.96 Å². The summed E-state index contributed by atoms with van der Waals surface area (Å²) in [6.45, 7) is 6.99. The van der Waals surface area contributed by atoms with Crippen LogP contribution in [-0.2, 0) is 19.6 Å². The first-order valence-electron chi connectivity index (χ1n) is 10.3. The molecule has 0 atom stereocenters. The lowest BCUT2D eigenvalue weighted by Gasteiger charge is -2.11. The Hall–Kier alpha value is -2.81. The van der Waals surface area contributed by atoms with Crippen LogP contribution in [0, 0.1) is 6.92 Å². The fourth-order valence-corrected chi connectivity index (χ4v) is 3.41. The Bertz CT molecular complexity index is 1120. The Morgan fingerprint density at radius 3 is 2.55 bits per heavy atom. The van der Waals surface area contributed by atoms with Crippen LogP contribution in [0.3, 0.4) is 0 Å². The average Bonchev–Trinajstić information content (AvgIpc) is 3.39. The third kappa shape index (κ3) is 5.88. The van der Waals surface area contributed by atoms with Crippen LogP contribution < -0.4 is 10.6 Å². The van der Waals surface area contributed by atoms with Gasteiger partial charge in [-0.15, -0.1) is 24.0 Å². The summed E-state index contributed by atoms with van der Waals surface area (Å²) in [6.07, 6.45) is 5.60. The van der Waals surface area contributed by atoms with E-state index in [1.807, 2.05) is 30.7 Å². The Morgan fingerprint density at radius 2 is 1.84 bits per heavy atom. The summed E-state index contributed by atoms with van der Waals surface area (Å²) >= 11 is 0. The van der Waals surface area contributed by atoms with Gasteiger partial charge in [0, 0.05) is 36.4 Å². The average molecular weight is 529 g/mol. The quantitative estimate of drug-likeness (QED) is 0.204. The van der Waals surface area contributed by atoms with Gasteiger partial charge in [-0.25, -0.2) is 9.98 Å². The molecule has 0 aliphatic heterocycles. The molecule has 4 aromatic rings. The summed E-state index contributed by atoms with van der Waals surface area (Å²) in [6, 6.07) is 16.7. The molecule has 0 saturated heterocycles. The maximum absolute atomic E-state index is 5.99. The second kappa shape index (κ2) is 11.0. The van der Waals surface area contributed by atoms with Crippen LogP contribution in [-0.4, -0.2) is 22.1 Å². The molecule has 4 rings (SSSR count). The molecule has 6 nitrogen and oxygen atoms in total. The van der Waals surface area contributed by atoms with E-state index >= 15 is 0 Å². The van der Waals surface area contributed by atoms with Crippen LogP contribution in [0.2, 0.25) is 0 Å². The summed E-state index contributed by atoms with van der Waals surface area (Å²) in [4.78, 5) is 8.81. The predicted octanol–water partition coefficient (Wildman–Crippen LogP) is 4.86. The van der Waals surface area contributed by atoms with Gasteiger partial charge in [0.2, 0.25) is 0 Å². The van der Waals surface area contributed by atoms with E-state index in [0.29, 0.717) is 13.1 Å². The van der Waals surface area contributed by atoms with Crippen molar-refractivity contribution in [3.63, 3.8) is 0 Å². The highest BCUT2D eigenvalue weighted by Gasteiger charge is 2.10. The molecule has 7 heteroatoms. The first kappa shape index (κ1) is 22.9. The molecular weight excluding hydrogens is 501 g/mol. The van der Waals surface area contributed by atoms with E-state index < -0.39 is 0 Å². The number of imidazole rings is 1. The van der Waals surface area contributed by atoms with Crippen molar-refractivity contribution in [2.45, 2.75) is 33.5 Å². The molecule has 0 bridgehead atoms. The fourth-order valence-electron chi connectivity index (χ4n) is 3.41. The second-order valence-corrected chi connectivity index (χ2v) is 7.25. The van der Waals surface area contributed by atoms with Crippen molar-refractivity contribution < 1.29 is 4.42 Å². The number of aryl methyl sites for hydroxylation is 1. The normalized spacial score (nSPS) is 11.4. The lowest BCUT2D eigenvalue weighted by Crippen LogP contribution is -2.36. The maximum atomic E-state index is 5.99. The number of furan rings is 1. The zero-order valence-corrected chi connectivity index (χ0v) is 20.2. The van der Waals surface area contributed by atoms with Gasteiger partial charge in [0.05, 0.1) is 19.4 Å². The van der Waals surface area contributed by atoms with Crippen molar-refractivity contribution in [2.75, 3.05) is 6.54 Å². The molecule has 0 saturated carbocycles. The van der Waals surface area contributed by atoms with Crippen molar-refractivity contribution in [3.05, 3.63) is 89.7 Å². The third-order valence-corrected chi connectivity index (χ3v) is 5.07. The Morgan fingerprint density at radius 1 is 1.06 bits per heavy atom. The van der Waals surface area contributed by atoms with Crippen molar-refractivity contribution >= 4 is 40.9 Å². The number of aromatic nitrogens is 2. The molecule has 2 aromatic carbocycles. The van der Waals surface area contributed by atoms with Gasteiger partial charge in [0.25, 0.3) is 0 Å². The van der Waals surface area contributed by atoms with Crippen LogP contribution in [0.25, 0.3) is 11.0 Å². The third-order valence-electron chi connectivity index (χ3n) is 5.07. The van der Waals surface area contributed by atoms with Crippen molar-refractivity contribution in [2.24, 2.45) is 4.99 Å². The number of nitrogens with one attached hydrogen (secondary N) is 2. The Balaban J connectivity index is 0.00000272. The standard InChI is InChI=1S/C24H27N5O.HI/c1-3-26-24(28-15-23-18(2)21-6-4-5-7-22(21)30-23)27-14-19-8-10-20(11-9-19)16-29-13-12-25-17-29;/h4-13,17H,3,14-16H2,1-2H3,(H2,26,27,28);1H. The van der Waals surface area contributed by atoms with Crippen LogP contribution in [0.1, 0.15) is 29.4 Å². The summed E-state index contributed by atoms with van der Waals surface area (Å²) in [5.74, 6) is 1.71. The van der Waals surface area contributed by atoms with Gasteiger partial charge in [-0.2, -0.15) is 0 Å². The van der Waals surface area contributed by atoms with Gasteiger partial charge < -0.3 is 19.6 Å². The number of nitrogens with zero attached hydrogens (tertiary/aromatic N) is 3. The van der Waals surface area contributed by atoms with Gasteiger partial charge in [-0.05, 0) is 31.0 Å². The highest BCUT2D eigenvalue weighted by molar-refractivity contribution is 14.0. The molecule has 162 valence electrons. The molecule has 2 heterocycles. The fraction of sp³-hybridized carbons (Fsp3) is 0.250. The zero-order valence-electron chi connectivity index (χ0n) is 17.8. The first-order chi connectivity index (χ1) is 14.7. The van der Waals surface area contributed by atoms with E-state index in [9.17, 15) is 0 Å². The molecule has 0 unspecified atom stereocenters. The number of aliphatic imine (C=N–C) groups is 1. The molecule has 0 amide bonds. The minimum absolute atomic E-state index is 0. The predicted molar refractivity (Wildman–Crippen MR) is 136 cm³/mol. The number of hydrogen-bond donors (Lipinski definition) is 2. The number of fused-ring (bicyclic) bond motifs is 1. The number of para-hydroxylation sites is 1. The Labute approximate surface area is 199 Å². The zero-order chi connectivity index (χ0) is 20.8. The smallest absolute Gasteiger partial charge is 0.191 e. The highest BCUT2D eigenvalue weighted by atomic mass is 127. The minimum atomic E-state index is 0. The lowest BCUT2D eigenvalue weighted by molar-refractivity contribution is 0.534. The number of benzene rings is 2. The van der Waals surface area contributed by atoms with Crippen LogP contribution >= 0.6 is 24.0 Å². The minimum Gasteiger partial charge on any atom is -0.459 e. The SMILES string of the molecule is CCNC(=NCc1ccc(Cn2ccnc2)cc1)NCc1oc2ccccc2c1C.I. The van der Waals surface area contributed by atoms with Crippen molar-refractivity contribution in [1.29, 1.82) is 0 Å².